The Labute approximate surface area is 108 Å². The van der Waals surface area contributed by atoms with E-state index in [9.17, 15) is 0 Å². The van der Waals surface area contributed by atoms with Gasteiger partial charge in [-0.15, -0.1) is 0 Å². The molecule has 2 nitrogen and oxygen atoms in total. The number of benzene rings is 2. The molecule has 0 bridgehead atoms. The van der Waals surface area contributed by atoms with Crippen LogP contribution in [0, 0.1) is 0 Å². The minimum atomic E-state index is 0.530. The molecule has 0 spiro atoms. The molecule has 0 heterocycles. The van der Waals surface area contributed by atoms with E-state index >= 15 is 0 Å². The van der Waals surface area contributed by atoms with Crippen LogP contribution in [-0.2, 0) is 13.1 Å². The first kappa shape index (κ1) is 12.6. The fourth-order valence-corrected chi connectivity index (χ4v) is 1.88. The highest BCUT2D eigenvalue weighted by atomic mass is 14.5. The average molecular weight is 238 g/mol. The topological polar surface area (TPSA) is 52.0 Å². The van der Waals surface area contributed by atoms with Crippen LogP contribution in [0.25, 0.3) is 12.2 Å². The smallest absolute Gasteiger partial charge is 0.0184 e. The van der Waals surface area contributed by atoms with E-state index in [4.69, 9.17) is 11.5 Å². The standard InChI is InChI=1S/C16H18N2/c17-11-14-7-9-15(16(10-14)12-18)8-6-13-4-2-1-3-5-13/h1-10H,11-12,17-18H2. The minimum absolute atomic E-state index is 0.530. The van der Waals surface area contributed by atoms with Gasteiger partial charge in [0, 0.05) is 13.1 Å². The van der Waals surface area contributed by atoms with E-state index in [-0.39, 0.29) is 0 Å². The molecule has 2 aromatic rings. The fourth-order valence-electron chi connectivity index (χ4n) is 1.88. The third kappa shape index (κ3) is 3.06. The highest BCUT2D eigenvalue weighted by Gasteiger charge is 1.99. The molecule has 0 aliphatic carbocycles. The lowest BCUT2D eigenvalue weighted by Gasteiger charge is -2.06. The van der Waals surface area contributed by atoms with Crippen LogP contribution >= 0.6 is 0 Å². The highest BCUT2D eigenvalue weighted by Crippen LogP contribution is 2.15. The van der Waals surface area contributed by atoms with Crippen molar-refractivity contribution in [2.24, 2.45) is 11.5 Å². The summed E-state index contributed by atoms with van der Waals surface area (Å²) >= 11 is 0. The second-order valence-corrected chi connectivity index (χ2v) is 4.19. The molecule has 2 heteroatoms. The number of hydrogen-bond acceptors (Lipinski definition) is 2. The van der Waals surface area contributed by atoms with Crippen molar-refractivity contribution in [3.63, 3.8) is 0 Å². The van der Waals surface area contributed by atoms with E-state index in [1.165, 1.54) is 5.56 Å². The molecule has 18 heavy (non-hydrogen) atoms. The molecular formula is C16H18N2. The molecule has 92 valence electrons. The molecular weight excluding hydrogens is 220 g/mol. The molecule has 2 aromatic carbocycles. The van der Waals surface area contributed by atoms with Crippen molar-refractivity contribution in [1.29, 1.82) is 0 Å². The summed E-state index contributed by atoms with van der Waals surface area (Å²) in [7, 11) is 0. The molecule has 0 amide bonds. The van der Waals surface area contributed by atoms with Crippen molar-refractivity contribution in [3.05, 3.63) is 70.8 Å². The third-order valence-corrected chi connectivity index (χ3v) is 2.92. The zero-order valence-electron chi connectivity index (χ0n) is 10.3. The van der Waals surface area contributed by atoms with Gasteiger partial charge < -0.3 is 11.5 Å². The molecule has 0 aliphatic heterocycles. The van der Waals surface area contributed by atoms with Crippen molar-refractivity contribution >= 4 is 12.2 Å². The summed E-state index contributed by atoms with van der Waals surface area (Å²) in [5, 5.41) is 0. The maximum absolute atomic E-state index is 5.77. The Balaban J connectivity index is 2.26. The SMILES string of the molecule is NCc1ccc(C=Cc2ccccc2)c(CN)c1. The molecule has 0 unspecified atom stereocenters. The Morgan fingerprint density at radius 2 is 1.61 bits per heavy atom. The highest BCUT2D eigenvalue weighted by molar-refractivity contribution is 5.71. The summed E-state index contributed by atoms with van der Waals surface area (Å²) < 4.78 is 0. The van der Waals surface area contributed by atoms with Crippen LogP contribution in [0.5, 0.6) is 0 Å². The van der Waals surface area contributed by atoms with Crippen molar-refractivity contribution in [2.75, 3.05) is 0 Å². The molecule has 0 atom stereocenters. The monoisotopic (exact) mass is 238 g/mol. The van der Waals surface area contributed by atoms with Gasteiger partial charge in [-0.3, -0.25) is 0 Å². The van der Waals surface area contributed by atoms with Gasteiger partial charge in [0.1, 0.15) is 0 Å². The molecule has 0 saturated carbocycles. The summed E-state index contributed by atoms with van der Waals surface area (Å²) in [5.74, 6) is 0. The largest absolute Gasteiger partial charge is 0.326 e. The first-order valence-corrected chi connectivity index (χ1v) is 6.08. The molecule has 2 rings (SSSR count). The van der Waals surface area contributed by atoms with E-state index in [1.54, 1.807) is 0 Å². The van der Waals surface area contributed by atoms with E-state index in [1.807, 2.05) is 24.3 Å². The predicted octanol–water partition coefficient (Wildman–Crippen LogP) is 2.77. The van der Waals surface area contributed by atoms with Crippen molar-refractivity contribution < 1.29 is 0 Å². The Morgan fingerprint density at radius 3 is 2.28 bits per heavy atom. The van der Waals surface area contributed by atoms with Gasteiger partial charge in [0.2, 0.25) is 0 Å². The van der Waals surface area contributed by atoms with E-state index in [0.29, 0.717) is 13.1 Å². The summed E-state index contributed by atoms with van der Waals surface area (Å²) in [4.78, 5) is 0. The molecule has 0 aromatic heterocycles. The predicted molar refractivity (Wildman–Crippen MR) is 77.6 cm³/mol. The van der Waals surface area contributed by atoms with Crippen LogP contribution in [0.1, 0.15) is 22.3 Å². The van der Waals surface area contributed by atoms with Crippen LogP contribution in [0.4, 0.5) is 0 Å². The van der Waals surface area contributed by atoms with Crippen LogP contribution in [0.2, 0.25) is 0 Å². The van der Waals surface area contributed by atoms with Crippen molar-refractivity contribution in [1.82, 2.24) is 0 Å². The van der Waals surface area contributed by atoms with Crippen LogP contribution in [-0.4, -0.2) is 0 Å². The number of hydrogen-bond donors (Lipinski definition) is 2. The van der Waals surface area contributed by atoms with Gasteiger partial charge >= 0.3 is 0 Å². The van der Waals surface area contributed by atoms with Crippen LogP contribution in [0.15, 0.2) is 48.5 Å². The van der Waals surface area contributed by atoms with Gasteiger partial charge in [-0.2, -0.15) is 0 Å². The molecule has 0 saturated heterocycles. The van der Waals surface area contributed by atoms with E-state index < -0.39 is 0 Å². The first-order valence-electron chi connectivity index (χ1n) is 6.08. The Bertz CT molecular complexity index is 530. The Hall–Kier alpha value is -1.90. The lowest BCUT2D eigenvalue weighted by Crippen LogP contribution is -2.02. The summed E-state index contributed by atoms with van der Waals surface area (Å²) in [6.45, 7) is 1.08. The number of rotatable bonds is 4. The van der Waals surface area contributed by atoms with Crippen molar-refractivity contribution in [2.45, 2.75) is 13.1 Å². The fraction of sp³-hybridized carbons (Fsp3) is 0.125. The second-order valence-electron chi connectivity index (χ2n) is 4.19. The maximum Gasteiger partial charge on any atom is 0.0184 e. The maximum atomic E-state index is 5.77. The second kappa shape index (κ2) is 6.15. The molecule has 4 N–H and O–H groups in total. The van der Waals surface area contributed by atoms with Crippen LogP contribution in [0.3, 0.4) is 0 Å². The van der Waals surface area contributed by atoms with Crippen LogP contribution < -0.4 is 11.5 Å². The zero-order chi connectivity index (χ0) is 12.8. The van der Waals surface area contributed by atoms with E-state index in [0.717, 1.165) is 16.7 Å². The average Bonchev–Trinajstić information content (AvgIpc) is 2.46. The van der Waals surface area contributed by atoms with Gasteiger partial charge in [-0.05, 0) is 22.3 Å². The Kier molecular flexibility index (Phi) is 4.29. The quantitative estimate of drug-likeness (QED) is 0.805. The van der Waals surface area contributed by atoms with E-state index in [2.05, 4.69) is 36.4 Å². The summed E-state index contributed by atoms with van der Waals surface area (Å²) in [6, 6.07) is 16.4. The van der Waals surface area contributed by atoms with Gasteiger partial charge in [0.15, 0.2) is 0 Å². The lowest BCUT2D eigenvalue weighted by atomic mass is 10.0. The number of nitrogens with two attached hydrogens (primary N) is 2. The third-order valence-electron chi connectivity index (χ3n) is 2.92. The molecule has 0 fully saturated rings. The van der Waals surface area contributed by atoms with Crippen molar-refractivity contribution in [3.8, 4) is 0 Å². The zero-order valence-corrected chi connectivity index (χ0v) is 10.3. The van der Waals surface area contributed by atoms with Gasteiger partial charge in [0.05, 0.1) is 0 Å². The van der Waals surface area contributed by atoms with Gasteiger partial charge in [0.25, 0.3) is 0 Å². The summed E-state index contributed by atoms with van der Waals surface area (Å²) in [5.41, 5.74) is 16.0. The molecule has 0 aliphatic rings. The Morgan fingerprint density at radius 1 is 0.833 bits per heavy atom. The minimum Gasteiger partial charge on any atom is -0.326 e. The first-order chi connectivity index (χ1) is 8.83. The lowest BCUT2D eigenvalue weighted by molar-refractivity contribution is 1.02. The molecule has 0 radical (unpaired) electrons. The summed E-state index contributed by atoms with van der Waals surface area (Å²) in [6.07, 6.45) is 4.19. The van der Waals surface area contributed by atoms with Gasteiger partial charge in [-0.25, -0.2) is 0 Å². The van der Waals surface area contributed by atoms with Gasteiger partial charge in [-0.1, -0.05) is 60.7 Å². The normalized spacial score (nSPS) is 11.0.